The molecule has 2 aromatic rings. The van der Waals surface area contributed by atoms with E-state index in [9.17, 15) is 22.9 Å². The Bertz CT molecular complexity index is 978. The molecule has 25 heavy (non-hydrogen) atoms. The van der Waals surface area contributed by atoms with Gasteiger partial charge in [-0.15, -0.1) is 0 Å². The lowest BCUT2D eigenvalue weighted by Crippen LogP contribution is -2.11. The minimum absolute atomic E-state index is 0.0813. The Morgan fingerprint density at radius 2 is 2.08 bits per heavy atom. The van der Waals surface area contributed by atoms with Crippen LogP contribution in [-0.2, 0) is 16.5 Å². The van der Waals surface area contributed by atoms with Crippen LogP contribution >= 0.6 is 11.6 Å². The van der Waals surface area contributed by atoms with E-state index in [2.05, 4.69) is 0 Å². The van der Waals surface area contributed by atoms with E-state index < -0.39 is 32.3 Å². The molecule has 0 radical (unpaired) electrons. The topological polar surface area (TPSA) is 95.7 Å². The third-order valence-electron chi connectivity index (χ3n) is 3.53. The molecule has 1 aliphatic rings. The highest BCUT2D eigenvalue weighted by Gasteiger charge is 2.29. The van der Waals surface area contributed by atoms with E-state index in [0.717, 1.165) is 18.2 Å². The third kappa shape index (κ3) is 3.38. The first-order valence-corrected chi connectivity index (χ1v) is 8.83. The van der Waals surface area contributed by atoms with Crippen molar-refractivity contribution in [1.29, 1.82) is 0 Å². The predicted octanol–water partition coefficient (Wildman–Crippen LogP) is 3.48. The van der Waals surface area contributed by atoms with Gasteiger partial charge in [-0.1, -0.05) is 11.6 Å². The molecule has 1 unspecified atom stereocenters. The van der Waals surface area contributed by atoms with E-state index in [0.29, 0.717) is 23.8 Å². The first-order valence-electron chi connectivity index (χ1n) is 7.05. The molecule has 0 bridgehead atoms. The second kappa shape index (κ2) is 6.16. The lowest BCUT2D eigenvalue weighted by molar-refractivity contribution is -0.385. The largest absolute Gasteiger partial charge is 0.489 e. The Morgan fingerprint density at radius 1 is 1.36 bits per heavy atom. The summed E-state index contributed by atoms with van der Waals surface area (Å²) < 4.78 is 48.5. The maximum absolute atomic E-state index is 13.3. The molecule has 3 rings (SSSR count). The molecule has 0 spiro atoms. The van der Waals surface area contributed by atoms with E-state index >= 15 is 0 Å². The van der Waals surface area contributed by atoms with Gasteiger partial charge in [-0.3, -0.25) is 10.1 Å². The zero-order valence-corrected chi connectivity index (χ0v) is 14.3. The van der Waals surface area contributed by atoms with Crippen LogP contribution in [0.4, 0.5) is 10.1 Å². The lowest BCUT2D eigenvalue weighted by atomic mass is 10.1. The number of nitro benzene ring substituents is 1. The van der Waals surface area contributed by atoms with Crippen LogP contribution in [0.2, 0.25) is 5.02 Å². The SMILES string of the molecule is CC1Cc2cc(S(=O)(=O)Oc3cc(F)ccc3[N+](=O)[O-])cc(Cl)c2O1. The van der Waals surface area contributed by atoms with Crippen molar-refractivity contribution in [3.8, 4) is 11.5 Å². The standard InChI is InChI=1S/C15H11ClFNO6S/c1-8-4-9-5-11(7-12(16)15(9)23-8)25(21,22)24-14-6-10(17)2-3-13(14)18(19)20/h2-3,5-8H,4H2,1H3. The highest BCUT2D eigenvalue weighted by atomic mass is 35.5. The maximum atomic E-state index is 13.3. The Morgan fingerprint density at radius 3 is 2.76 bits per heavy atom. The van der Waals surface area contributed by atoms with Crippen molar-refractivity contribution in [2.75, 3.05) is 0 Å². The molecule has 0 fully saturated rings. The fourth-order valence-electron chi connectivity index (χ4n) is 2.48. The lowest BCUT2D eigenvalue weighted by Gasteiger charge is -2.10. The molecule has 1 atom stereocenters. The molecule has 0 saturated heterocycles. The average molecular weight is 388 g/mol. The molecule has 0 N–H and O–H groups in total. The quantitative estimate of drug-likeness (QED) is 0.452. The van der Waals surface area contributed by atoms with Gasteiger partial charge in [-0.05, 0) is 25.1 Å². The molecule has 0 amide bonds. The molecule has 0 aliphatic carbocycles. The molecular formula is C15H11ClFNO6S. The van der Waals surface area contributed by atoms with Gasteiger partial charge in [-0.25, -0.2) is 4.39 Å². The molecule has 1 heterocycles. The summed E-state index contributed by atoms with van der Waals surface area (Å²) >= 11 is 6.04. The molecular weight excluding hydrogens is 377 g/mol. The van der Waals surface area contributed by atoms with Gasteiger partial charge in [0.2, 0.25) is 5.75 Å². The first kappa shape index (κ1) is 17.4. The van der Waals surface area contributed by atoms with Crippen LogP contribution in [0.15, 0.2) is 35.2 Å². The maximum Gasteiger partial charge on any atom is 0.339 e. The minimum Gasteiger partial charge on any atom is -0.489 e. The molecule has 10 heteroatoms. The van der Waals surface area contributed by atoms with Crippen LogP contribution in [0.25, 0.3) is 0 Å². The summed E-state index contributed by atoms with van der Waals surface area (Å²) in [5.74, 6) is -1.19. The van der Waals surface area contributed by atoms with Gasteiger partial charge >= 0.3 is 15.8 Å². The van der Waals surface area contributed by atoms with Gasteiger partial charge in [0.1, 0.15) is 22.6 Å². The fourth-order valence-corrected chi connectivity index (χ4v) is 3.84. The first-order chi connectivity index (χ1) is 11.7. The van der Waals surface area contributed by atoms with E-state index in [4.69, 9.17) is 20.5 Å². The van der Waals surface area contributed by atoms with E-state index in [1.807, 2.05) is 0 Å². The normalized spacial score (nSPS) is 16.2. The van der Waals surface area contributed by atoms with Gasteiger partial charge in [0, 0.05) is 24.1 Å². The molecule has 0 aromatic heterocycles. The number of fused-ring (bicyclic) bond motifs is 1. The second-order valence-corrected chi connectivity index (χ2v) is 7.39. The smallest absolute Gasteiger partial charge is 0.339 e. The Hall–Kier alpha value is -2.39. The zero-order valence-electron chi connectivity index (χ0n) is 12.7. The van der Waals surface area contributed by atoms with Crippen LogP contribution in [0.1, 0.15) is 12.5 Å². The number of rotatable bonds is 4. The third-order valence-corrected chi connectivity index (χ3v) is 5.02. The number of halogens is 2. The van der Waals surface area contributed by atoms with Gasteiger partial charge in [0.25, 0.3) is 0 Å². The summed E-state index contributed by atoms with van der Waals surface area (Å²) in [6.45, 7) is 1.80. The van der Waals surface area contributed by atoms with Gasteiger partial charge in [-0.2, -0.15) is 8.42 Å². The van der Waals surface area contributed by atoms with Crippen molar-refractivity contribution in [1.82, 2.24) is 0 Å². The number of nitro groups is 1. The number of ether oxygens (including phenoxy) is 1. The highest BCUT2D eigenvalue weighted by Crippen LogP contribution is 2.39. The number of nitrogens with zero attached hydrogens (tertiary/aromatic N) is 1. The molecule has 7 nitrogen and oxygen atoms in total. The monoisotopic (exact) mass is 387 g/mol. The molecule has 1 aliphatic heterocycles. The van der Waals surface area contributed by atoms with Crippen molar-refractivity contribution >= 4 is 27.4 Å². The van der Waals surface area contributed by atoms with E-state index in [1.165, 1.54) is 6.07 Å². The summed E-state index contributed by atoms with van der Waals surface area (Å²) in [7, 11) is -4.46. The summed E-state index contributed by atoms with van der Waals surface area (Å²) in [5, 5.41) is 11.1. The summed E-state index contributed by atoms with van der Waals surface area (Å²) in [6, 6.07) is 4.74. The van der Waals surface area contributed by atoms with Crippen LogP contribution in [0.3, 0.4) is 0 Å². The van der Waals surface area contributed by atoms with Crippen LogP contribution in [0.5, 0.6) is 11.5 Å². The summed E-state index contributed by atoms with van der Waals surface area (Å²) in [5.41, 5.74) is -0.0925. The predicted molar refractivity (Wildman–Crippen MR) is 86.1 cm³/mol. The molecule has 132 valence electrons. The zero-order chi connectivity index (χ0) is 18.4. The minimum atomic E-state index is -4.46. The van der Waals surface area contributed by atoms with Crippen LogP contribution in [-0.4, -0.2) is 19.4 Å². The van der Waals surface area contributed by atoms with Crippen molar-refractivity contribution in [2.24, 2.45) is 0 Å². The van der Waals surface area contributed by atoms with Crippen molar-refractivity contribution < 1.29 is 26.7 Å². The number of hydrogen-bond acceptors (Lipinski definition) is 6. The average Bonchev–Trinajstić information content (AvgIpc) is 2.87. The highest BCUT2D eigenvalue weighted by molar-refractivity contribution is 7.87. The van der Waals surface area contributed by atoms with Crippen LogP contribution < -0.4 is 8.92 Å². The molecule has 0 saturated carbocycles. The van der Waals surface area contributed by atoms with Crippen molar-refractivity contribution in [2.45, 2.75) is 24.3 Å². The Balaban J connectivity index is 2.02. The van der Waals surface area contributed by atoms with E-state index in [-0.39, 0.29) is 16.0 Å². The van der Waals surface area contributed by atoms with Crippen LogP contribution in [0, 0.1) is 15.9 Å². The number of benzene rings is 2. The van der Waals surface area contributed by atoms with E-state index in [1.54, 1.807) is 6.92 Å². The second-order valence-electron chi connectivity index (χ2n) is 5.43. The fraction of sp³-hybridized carbons (Fsp3) is 0.200. The number of hydrogen-bond donors (Lipinski definition) is 0. The van der Waals surface area contributed by atoms with Gasteiger partial charge in [0.15, 0.2) is 0 Å². The van der Waals surface area contributed by atoms with Gasteiger partial charge < -0.3 is 8.92 Å². The van der Waals surface area contributed by atoms with Gasteiger partial charge in [0.05, 0.1) is 9.95 Å². The summed E-state index contributed by atoms with van der Waals surface area (Å²) in [4.78, 5) is 9.81. The van der Waals surface area contributed by atoms with Crippen molar-refractivity contribution in [3.05, 3.63) is 56.8 Å². The Kier molecular flexibility index (Phi) is 4.29. The molecule has 2 aromatic carbocycles. The van der Waals surface area contributed by atoms with Crippen molar-refractivity contribution in [3.63, 3.8) is 0 Å². The summed E-state index contributed by atoms with van der Waals surface area (Å²) in [6.07, 6.45) is 0.300. The Labute approximate surface area is 147 Å².